The van der Waals surface area contributed by atoms with E-state index in [0.717, 1.165) is 34.7 Å². The van der Waals surface area contributed by atoms with E-state index < -0.39 is 0 Å². The highest BCUT2D eigenvalue weighted by Crippen LogP contribution is 2.25. The molecule has 0 radical (unpaired) electrons. The number of rotatable bonds is 2. The number of halogens is 1. The van der Waals surface area contributed by atoms with Crippen molar-refractivity contribution in [1.82, 2.24) is 10.3 Å². The first kappa shape index (κ1) is 10.1. The van der Waals surface area contributed by atoms with Gasteiger partial charge in [-0.05, 0) is 12.1 Å². The molecule has 0 spiro atoms. The summed E-state index contributed by atoms with van der Waals surface area (Å²) in [6, 6.07) is 8.08. The maximum absolute atomic E-state index is 5.49. The van der Waals surface area contributed by atoms with Crippen LogP contribution < -0.4 is 5.32 Å². The van der Waals surface area contributed by atoms with Crippen molar-refractivity contribution < 1.29 is 4.42 Å². The molecule has 2 aromatic rings. The molecule has 16 heavy (non-hydrogen) atoms. The van der Waals surface area contributed by atoms with Gasteiger partial charge in [-0.25, -0.2) is 4.98 Å². The molecule has 4 heteroatoms. The van der Waals surface area contributed by atoms with Crippen LogP contribution in [0.15, 0.2) is 39.4 Å². The van der Waals surface area contributed by atoms with Gasteiger partial charge in [-0.2, -0.15) is 0 Å². The van der Waals surface area contributed by atoms with Gasteiger partial charge in [0.1, 0.15) is 12.0 Å². The minimum absolute atomic E-state index is 0.448. The van der Waals surface area contributed by atoms with Crippen LogP contribution in [0.5, 0.6) is 0 Å². The Kier molecular flexibility index (Phi) is 2.53. The predicted molar refractivity (Wildman–Crippen MR) is 65.2 cm³/mol. The highest BCUT2D eigenvalue weighted by atomic mass is 79.9. The van der Waals surface area contributed by atoms with Crippen molar-refractivity contribution in [1.29, 1.82) is 0 Å². The Morgan fingerprint density at radius 3 is 2.62 bits per heavy atom. The second-order valence-corrected chi connectivity index (χ2v) is 4.85. The summed E-state index contributed by atoms with van der Waals surface area (Å²) in [4.78, 5) is 4.51. The number of hydrogen-bond acceptors (Lipinski definition) is 3. The third kappa shape index (κ3) is 1.79. The van der Waals surface area contributed by atoms with Gasteiger partial charge in [-0.3, -0.25) is 0 Å². The molecule has 1 fully saturated rings. The molecule has 0 unspecified atom stereocenters. The highest BCUT2D eigenvalue weighted by molar-refractivity contribution is 9.10. The summed E-state index contributed by atoms with van der Waals surface area (Å²) in [7, 11) is 0. The maximum Gasteiger partial charge on any atom is 0.200 e. The molecule has 0 amide bonds. The van der Waals surface area contributed by atoms with Gasteiger partial charge >= 0.3 is 0 Å². The first-order chi connectivity index (χ1) is 7.83. The monoisotopic (exact) mass is 278 g/mol. The molecule has 1 aromatic carbocycles. The molecule has 0 atom stereocenters. The lowest BCUT2D eigenvalue weighted by Gasteiger charge is -2.23. The van der Waals surface area contributed by atoms with E-state index in [2.05, 4.69) is 26.2 Å². The Balaban J connectivity index is 1.88. The van der Waals surface area contributed by atoms with E-state index in [0.29, 0.717) is 5.92 Å². The lowest BCUT2D eigenvalue weighted by atomic mass is 10.0. The molecule has 3 rings (SSSR count). The molecule has 1 saturated heterocycles. The van der Waals surface area contributed by atoms with Gasteiger partial charge in [0.2, 0.25) is 0 Å². The van der Waals surface area contributed by atoms with Gasteiger partial charge in [0.05, 0.1) is 5.92 Å². The largest absolute Gasteiger partial charge is 0.448 e. The second kappa shape index (κ2) is 4.03. The van der Waals surface area contributed by atoms with Crippen molar-refractivity contribution in [3.63, 3.8) is 0 Å². The van der Waals surface area contributed by atoms with Crippen LogP contribution in [0.2, 0.25) is 0 Å². The molecular formula is C12H11BrN2O. The van der Waals surface area contributed by atoms with Gasteiger partial charge in [-0.1, -0.05) is 28.1 Å². The maximum atomic E-state index is 5.49. The Bertz CT molecular complexity index is 488. The molecule has 0 aliphatic carbocycles. The van der Waals surface area contributed by atoms with E-state index in [1.807, 2.05) is 24.3 Å². The number of hydrogen-bond donors (Lipinski definition) is 1. The van der Waals surface area contributed by atoms with Crippen LogP contribution >= 0.6 is 15.9 Å². The van der Waals surface area contributed by atoms with Crippen LogP contribution in [0.3, 0.4) is 0 Å². The van der Waals surface area contributed by atoms with Gasteiger partial charge in [0.25, 0.3) is 0 Å². The Labute approximate surface area is 102 Å². The number of benzene rings is 1. The summed E-state index contributed by atoms with van der Waals surface area (Å²) in [5.41, 5.74) is 2.00. The van der Waals surface area contributed by atoms with Crippen LogP contribution in [-0.4, -0.2) is 18.1 Å². The normalized spacial score (nSPS) is 16.1. The smallest absolute Gasteiger partial charge is 0.200 e. The summed E-state index contributed by atoms with van der Waals surface area (Å²) < 4.78 is 6.56. The van der Waals surface area contributed by atoms with Crippen LogP contribution in [-0.2, 0) is 0 Å². The minimum Gasteiger partial charge on any atom is -0.448 e. The first-order valence-electron chi connectivity index (χ1n) is 5.25. The molecule has 0 saturated carbocycles. The summed E-state index contributed by atoms with van der Waals surface area (Å²) >= 11 is 3.41. The molecule has 1 aliphatic rings. The lowest BCUT2D eigenvalue weighted by Crippen LogP contribution is -2.40. The summed E-state index contributed by atoms with van der Waals surface area (Å²) in [5.74, 6) is 1.29. The fourth-order valence-corrected chi connectivity index (χ4v) is 1.96. The average molecular weight is 279 g/mol. The fourth-order valence-electron chi connectivity index (χ4n) is 1.69. The van der Waals surface area contributed by atoms with Crippen molar-refractivity contribution in [2.24, 2.45) is 0 Å². The zero-order valence-electron chi connectivity index (χ0n) is 8.61. The zero-order chi connectivity index (χ0) is 11.0. The van der Waals surface area contributed by atoms with Crippen molar-refractivity contribution in [2.75, 3.05) is 13.1 Å². The van der Waals surface area contributed by atoms with Crippen molar-refractivity contribution in [3.05, 3.63) is 40.9 Å². The van der Waals surface area contributed by atoms with Gasteiger partial charge < -0.3 is 9.73 Å². The third-order valence-electron chi connectivity index (χ3n) is 2.79. The molecule has 1 aromatic heterocycles. The van der Waals surface area contributed by atoms with E-state index in [1.54, 1.807) is 6.26 Å². The molecule has 1 aliphatic heterocycles. The topological polar surface area (TPSA) is 38.1 Å². The van der Waals surface area contributed by atoms with Crippen LogP contribution in [0, 0.1) is 0 Å². The van der Waals surface area contributed by atoms with E-state index in [1.165, 1.54) is 0 Å². The van der Waals surface area contributed by atoms with Gasteiger partial charge in [0, 0.05) is 23.1 Å². The van der Waals surface area contributed by atoms with E-state index in [4.69, 9.17) is 4.42 Å². The van der Waals surface area contributed by atoms with Crippen LogP contribution in [0.4, 0.5) is 0 Å². The van der Waals surface area contributed by atoms with Crippen molar-refractivity contribution in [2.45, 2.75) is 5.92 Å². The second-order valence-electron chi connectivity index (χ2n) is 3.93. The average Bonchev–Trinajstić information content (AvgIpc) is 2.65. The number of nitrogens with one attached hydrogen (secondary N) is 1. The van der Waals surface area contributed by atoms with Gasteiger partial charge in [-0.15, -0.1) is 0 Å². The zero-order valence-corrected chi connectivity index (χ0v) is 10.2. The standard InChI is InChI=1S/C12H11BrN2O/c13-10-3-1-8(2-4-10)11-7-16-12(15-11)9-5-14-6-9/h1-4,7,9,14H,5-6H2. The number of nitrogens with zero attached hydrogens (tertiary/aromatic N) is 1. The first-order valence-corrected chi connectivity index (χ1v) is 6.04. The Morgan fingerprint density at radius 1 is 1.25 bits per heavy atom. The molecule has 1 N–H and O–H groups in total. The van der Waals surface area contributed by atoms with Gasteiger partial charge in [0.15, 0.2) is 5.89 Å². The minimum atomic E-state index is 0.448. The molecular weight excluding hydrogens is 268 g/mol. The number of aromatic nitrogens is 1. The lowest BCUT2D eigenvalue weighted by molar-refractivity contribution is 0.357. The number of oxazole rings is 1. The predicted octanol–water partition coefficient (Wildman–Crippen LogP) is 2.79. The van der Waals surface area contributed by atoms with Crippen LogP contribution in [0.1, 0.15) is 11.8 Å². The van der Waals surface area contributed by atoms with Crippen molar-refractivity contribution >= 4 is 15.9 Å². The molecule has 2 heterocycles. The molecule has 0 bridgehead atoms. The SMILES string of the molecule is Brc1ccc(-c2coc(C3CNC3)n2)cc1. The summed E-state index contributed by atoms with van der Waals surface area (Å²) in [6.07, 6.45) is 1.73. The fraction of sp³-hybridized carbons (Fsp3) is 0.250. The molecule has 3 nitrogen and oxygen atoms in total. The van der Waals surface area contributed by atoms with Crippen LogP contribution in [0.25, 0.3) is 11.3 Å². The third-order valence-corrected chi connectivity index (χ3v) is 3.32. The summed E-state index contributed by atoms with van der Waals surface area (Å²) in [5, 5.41) is 3.21. The molecule has 82 valence electrons. The Hall–Kier alpha value is -1.13. The summed E-state index contributed by atoms with van der Waals surface area (Å²) in [6.45, 7) is 1.95. The Morgan fingerprint density at radius 2 is 2.00 bits per heavy atom. The highest BCUT2D eigenvalue weighted by Gasteiger charge is 2.23. The van der Waals surface area contributed by atoms with E-state index >= 15 is 0 Å². The van der Waals surface area contributed by atoms with E-state index in [-0.39, 0.29) is 0 Å². The van der Waals surface area contributed by atoms with Crippen molar-refractivity contribution in [3.8, 4) is 11.3 Å². The quantitative estimate of drug-likeness (QED) is 0.918. The van der Waals surface area contributed by atoms with E-state index in [9.17, 15) is 0 Å².